The highest BCUT2D eigenvalue weighted by Crippen LogP contribution is 2.19. The van der Waals surface area contributed by atoms with Gasteiger partial charge in [0.25, 0.3) is 0 Å². The molecule has 0 fully saturated rings. The minimum absolute atomic E-state index is 0.0132. The highest BCUT2D eigenvalue weighted by atomic mass is 16.5. The van der Waals surface area contributed by atoms with Gasteiger partial charge < -0.3 is 41.9 Å². The first kappa shape index (κ1) is 22.3. The maximum atomic E-state index is 12.1. The highest BCUT2D eigenvalue weighted by Gasteiger charge is 2.28. The zero-order chi connectivity index (χ0) is 20.7. The molecule has 0 bridgehead atoms. The molecule has 27 heavy (non-hydrogen) atoms. The number of carboxylic acid groups (broad SMARTS) is 1. The molecule has 0 saturated heterocycles. The Labute approximate surface area is 154 Å². The topological polar surface area (TPSA) is 227 Å². The number of amides is 3. The van der Waals surface area contributed by atoms with Gasteiger partial charge in [0.15, 0.2) is 11.9 Å². The number of hydrogen-bond acceptors (Lipinski definition) is 9. The van der Waals surface area contributed by atoms with Crippen molar-refractivity contribution in [1.29, 1.82) is 0 Å². The first-order chi connectivity index (χ1) is 12.5. The van der Waals surface area contributed by atoms with Crippen LogP contribution in [0, 0.1) is 0 Å². The van der Waals surface area contributed by atoms with Crippen LogP contribution in [0.3, 0.4) is 0 Å². The number of carbonyl (C=O) groups excluding carboxylic acids is 2. The third-order valence-corrected chi connectivity index (χ3v) is 3.59. The number of nitrogens with two attached hydrogens (primary N) is 2. The van der Waals surface area contributed by atoms with Crippen LogP contribution < -0.4 is 22.1 Å². The standard InChI is InChI=1S/C14H24N6O7/c1-5(21)9(16)11-19-12(27-20-11)7(3-4-8(15)23)17-14(26)18-10(6(2)22)13(24)25/h5-7,9-10,21-22H,3-4,16H2,1-2H3,(H2,15,23)(H,24,25)(H2,17,18,26)/t5?,6-,7+,9+,10+/m1/s1. The zero-order valence-electron chi connectivity index (χ0n) is 14.8. The molecule has 1 aromatic heterocycles. The number of nitrogens with zero attached hydrogens (tertiary/aromatic N) is 2. The normalized spacial score (nSPS) is 16.6. The summed E-state index contributed by atoms with van der Waals surface area (Å²) in [7, 11) is 0. The predicted octanol–water partition coefficient (Wildman–Crippen LogP) is -2.11. The molecule has 0 saturated carbocycles. The number of aliphatic carboxylic acids is 1. The molecule has 1 unspecified atom stereocenters. The van der Waals surface area contributed by atoms with Gasteiger partial charge in [-0.3, -0.25) is 4.79 Å². The van der Waals surface area contributed by atoms with E-state index in [0.717, 1.165) is 0 Å². The minimum atomic E-state index is -1.55. The SMILES string of the molecule is CC(O)[C@H](N)c1noc([C@H](CCC(N)=O)NC(=O)N[C@H](C(=O)O)[C@@H](C)O)n1. The molecule has 13 heteroatoms. The fraction of sp³-hybridized carbons (Fsp3) is 0.643. The van der Waals surface area contributed by atoms with Crippen LogP contribution in [-0.2, 0) is 9.59 Å². The molecule has 0 aromatic carbocycles. The maximum Gasteiger partial charge on any atom is 0.328 e. The summed E-state index contributed by atoms with van der Waals surface area (Å²) in [5.74, 6) is -2.20. The summed E-state index contributed by atoms with van der Waals surface area (Å²) in [5, 5.41) is 36.0. The van der Waals surface area contributed by atoms with Crippen molar-refractivity contribution in [2.75, 3.05) is 0 Å². The maximum absolute atomic E-state index is 12.1. The summed E-state index contributed by atoms with van der Waals surface area (Å²) >= 11 is 0. The molecule has 3 amide bonds. The summed E-state index contributed by atoms with van der Waals surface area (Å²) in [6.45, 7) is 2.63. The van der Waals surface area contributed by atoms with Crippen molar-refractivity contribution in [1.82, 2.24) is 20.8 Å². The Morgan fingerprint density at radius 1 is 1.19 bits per heavy atom. The van der Waals surface area contributed by atoms with Crippen molar-refractivity contribution in [3.63, 3.8) is 0 Å². The second-order valence-electron chi connectivity index (χ2n) is 5.99. The van der Waals surface area contributed by atoms with Crippen molar-refractivity contribution in [3.8, 4) is 0 Å². The fourth-order valence-corrected chi connectivity index (χ4v) is 2.01. The molecule has 0 radical (unpaired) electrons. The van der Waals surface area contributed by atoms with Gasteiger partial charge in [-0.05, 0) is 20.3 Å². The molecule has 1 aromatic rings. The van der Waals surface area contributed by atoms with Crippen LogP contribution in [0.4, 0.5) is 4.79 Å². The third-order valence-electron chi connectivity index (χ3n) is 3.59. The number of urea groups is 1. The van der Waals surface area contributed by atoms with E-state index in [-0.39, 0.29) is 24.6 Å². The van der Waals surface area contributed by atoms with Crippen LogP contribution in [0.25, 0.3) is 0 Å². The predicted molar refractivity (Wildman–Crippen MR) is 88.8 cm³/mol. The van der Waals surface area contributed by atoms with Gasteiger partial charge in [-0.1, -0.05) is 5.16 Å². The van der Waals surface area contributed by atoms with E-state index >= 15 is 0 Å². The van der Waals surface area contributed by atoms with E-state index < -0.39 is 48.2 Å². The van der Waals surface area contributed by atoms with Gasteiger partial charge >= 0.3 is 12.0 Å². The summed E-state index contributed by atoms with van der Waals surface area (Å²) in [4.78, 5) is 38.2. The lowest BCUT2D eigenvalue weighted by atomic mass is 10.1. The first-order valence-corrected chi connectivity index (χ1v) is 8.06. The van der Waals surface area contributed by atoms with Gasteiger partial charge in [0.05, 0.1) is 18.2 Å². The molecule has 1 rings (SSSR count). The largest absolute Gasteiger partial charge is 0.480 e. The van der Waals surface area contributed by atoms with Crippen molar-refractivity contribution in [2.45, 2.75) is 57.0 Å². The van der Waals surface area contributed by atoms with E-state index in [2.05, 4.69) is 20.8 Å². The summed E-state index contributed by atoms with van der Waals surface area (Å²) in [5.41, 5.74) is 10.8. The molecule has 0 spiro atoms. The number of aliphatic hydroxyl groups excluding tert-OH is 2. The monoisotopic (exact) mass is 388 g/mol. The Kier molecular flexibility index (Phi) is 8.08. The number of carbonyl (C=O) groups is 3. The number of nitrogens with one attached hydrogen (secondary N) is 2. The van der Waals surface area contributed by atoms with Crippen LogP contribution in [-0.4, -0.2) is 61.6 Å². The lowest BCUT2D eigenvalue weighted by Crippen LogP contribution is -2.51. The summed E-state index contributed by atoms with van der Waals surface area (Å²) < 4.78 is 5.02. The van der Waals surface area contributed by atoms with Gasteiger partial charge in [-0.25, -0.2) is 9.59 Å². The van der Waals surface area contributed by atoms with Gasteiger partial charge in [0.2, 0.25) is 11.8 Å². The Hall–Kier alpha value is -2.77. The third kappa shape index (κ3) is 6.80. The van der Waals surface area contributed by atoms with Gasteiger partial charge in [0.1, 0.15) is 6.04 Å². The number of carboxylic acids is 1. The van der Waals surface area contributed by atoms with E-state index in [1.165, 1.54) is 13.8 Å². The Morgan fingerprint density at radius 3 is 2.30 bits per heavy atom. The zero-order valence-corrected chi connectivity index (χ0v) is 14.8. The number of hydrogen-bond donors (Lipinski definition) is 7. The van der Waals surface area contributed by atoms with E-state index in [4.69, 9.17) is 21.1 Å². The van der Waals surface area contributed by atoms with E-state index in [0.29, 0.717) is 0 Å². The second-order valence-corrected chi connectivity index (χ2v) is 5.99. The Balaban J connectivity index is 2.93. The average molecular weight is 388 g/mol. The highest BCUT2D eigenvalue weighted by molar-refractivity contribution is 5.83. The quantitative estimate of drug-likeness (QED) is 0.231. The van der Waals surface area contributed by atoms with Crippen molar-refractivity contribution in [2.24, 2.45) is 11.5 Å². The average Bonchev–Trinajstić information content (AvgIpc) is 3.04. The molecule has 1 heterocycles. The Morgan fingerprint density at radius 2 is 1.81 bits per heavy atom. The van der Waals surface area contributed by atoms with Gasteiger partial charge in [-0.15, -0.1) is 0 Å². The molecule has 13 nitrogen and oxygen atoms in total. The van der Waals surface area contributed by atoms with Crippen molar-refractivity contribution >= 4 is 17.9 Å². The van der Waals surface area contributed by atoms with Crippen LogP contribution in [0.1, 0.15) is 50.5 Å². The molecule has 5 atom stereocenters. The molecular weight excluding hydrogens is 364 g/mol. The fourth-order valence-electron chi connectivity index (χ4n) is 2.01. The van der Waals surface area contributed by atoms with E-state index in [1.54, 1.807) is 0 Å². The van der Waals surface area contributed by atoms with Crippen LogP contribution >= 0.6 is 0 Å². The second kappa shape index (κ2) is 9.80. The molecule has 0 aliphatic carbocycles. The lowest BCUT2D eigenvalue weighted by molar-refractivity contribution is -0.141. The number of aromatic nitrogens is 2. The van der Waals surface area contributed by atoms with Crippen LogP contribution in [0.5, 0.6) is 0 Å². The van der Waals surface area contributed by atoms with Gasteiger partial charge in [0, 0.05) is 6.42 Å². The van der Waals surface area contributed by atoms with E-state index in [9.17, 15) is 24.6 Å². The van der Waals surface area contributed by atoms with Crippen LogP contribution in [0.15, 0.2) is 4.52 Å². The first-order valence-electron chi connectivity index (χ1n) is 8.06. The molecule has 152 valence electrons. The van der Waals surface area contributed by atoms with E-state index in [1.807, 2.05) is 0 Å². The smallest absolute Gasteiger partial charge is 0.328 e. The van der Waals surface area contributed by atoms with Crippen molar-refractivity contribution in [3.05, 3.63) is 11.7 Å². The minimum Gasteiger partial charge on any atom is -0.480 e. The number of rotatable bonds is 10. The molecule has 0 aliphatic rings. The van der Waals surface area contributed by atoms with Gasteiger partial charge in [-0.2, -0.15) is 4.98 Å². The molecule has 9 N–H and O–H groups in total. The number of primary amides is 1. The van der Waals surface area contributed by atoms with Crippen LogP contribution in [0.2, 0.25) is 0 Å². The number of aliphatic hydroxyl groups is 2. The van der Waals surface area contributed by atoms with Crippen molar-refractivity contribution < 1.29 is 34.2 Å². The molecular formula is C14H24N6O7. The summed E-state index contributed by atoms with van der Waals surface area (Å²) in [6, 6.07) is -4.41. The lowest BCUT2D eigenvalue weighted by Gasteiger charge is -2.20. The Bertz CT molecular complexity index is 662. The molecule has 0 aliphatic heterocycles. The summed E-state index contributed by atoms with van der Waals surface area (Å²) in [6.07, 6.45) is -2.46.